The fourth-order valence-corrected chi connectivity index (χ4v) is 2.64. The first kappa shape index (κ1) is 14.7. The molecule has 0 fully saturated rings. The molecule has 2 nitrogen and oxygen atoms in total. The van der Waals surface area contributed by atoms with Crippen LogP contribution in [0, 0.1) is 0 Å². The van der Waals surface area contributed by atoms with Crippen molar-refractivity contribution in [3.63, 3.8) is 0 Å². The predicted octanol–water partition coefficient (Wildman–Crippen LogP) is 4.16. The number of nitrogen functional groups attached to an aromatic ring is 1. The lowest BCUT2D eigenvalue weighted by Gasteiger charge is -2.17. The van der Waals surface area contributed by atoms with E-state index in [9.17, 15) is 8.78 Å². The van der Waals surface area contributed by atoms with Crippen molar-refractivity contribution in [2.45, 2.75) is 10.8 Å². The molecule has 2 aromatic rings. The minimum Gasteiger partial charge on any atom is -0.497 e. The van der Waals surface area contributed by atoms with E-state index in [4.69, 9.17) is 10.5 Å². The first-order valence-corrected chi connectivity index (χ1v) is 7.01. The lowest BCUT2D eigenvalue weighted by atomic mass is 10.1. The normalized spacial score (nSPS) is 11.3. The van der Waals surface area contributed by atoms with Crippen LogP contribution in [0.5, 0.6) is 5.75 Å². The van der Waals surface area contributed by atoms with E-state index in [1.807, 2.05) is 0 Å². The van der Waals surface area contributed by atoms with Crippen molar-refractivity contribution >= 4 is 17.4 Å². The molecule has 0 aromatic heterocycles. The summed E-state index contributed by atoms with van der Waals surface area (Å²) in [5.41, 5.74) is 6.27. The number of halogens is 2. The van der Waals surface area contributed by atoms with E-state index in [0.717, 1.165) is 11.8 Å². The number of nitrogens with two attached hydrogens (primary N) is 1. The Balaban J connectivity index is 2.12. The van der Waals surface area contributed by atoms with Crippen molar-refractivity contribution in [2.75, 3.05) is 18.6 Å². The quantitative estimate of drug-likeness (QED) is 0.664. The van der Waals surface area contributed by atoms with E-state index in [0.29, 0.717) is 16.3 Å². The van der Waals surface area contributed by atoms with Gasteiger partial charge in [-0.05, 0) is 18.2 Å². The molecular formula is C15H15F2NOS. The van der Waals surface area contributed by atoms with Crippen LogP contribution >= 0.6 is 11.8 Å². The van der Waals surface area contributed by atoms with Crippen LogP contribution < -0.4 is 10.5 Å². The Kier molecular flexibility index (Phi) is 4.49. The minimum absolute atomic E-state index is 0.00830. The first-order valence-electron chi connectivity index (χ1n) is 6.02. The molecule has 0 aliphatic carbocycles. The average Bonchev–Trinajstić information content (AvgIpc) is 2.47. The first-order chi connectivity index (χ1) is 9.53. The molecule has 2 rings (SSSR count). The molecule has 0 amide bonds. The van der Waals surface area contributed by atoms with Gasteiger partial charge in [0.15, 0.2) is 0 Å². The molecule has 0 unspecified atom stereocenters. The zero-order valence-electron chi connectivity index (χ0n) is 11.0. The van der Waals surface area contributed by atoms with Crippen LogP contribution in [0.15, 0.2) is 53.4 Å². The molecule has 0 radical (unpaired) electrons. The summed E-state index contributed by atoms with van der Waals surface area (Å²) in [7, 11) is 1.53. The summed E-state index contributed by atoms with van der Waals surface area (Å²) in [5.74, 6) is -2.67. The molecule has 5 heteroatoms. The molecular weight excluding hydrogens is 280 g/mol. The zero-order chi connectivity index (χ0) is 14.6. The Labute approximate surface area is 120 Å². The summed E-state index contributed by atoms with van der Waals surface area (Å²) in [4.78, 5) is 0.597. The molecule has 0 aliphatic rings. The monoisotopic (exact) mass is 295 g/mol. The van der Waals surface area contributed by atoms with Crippen molar-refractivity contribution in [3.05, 3.63) is 54.1 Å². The number of ether oxygens (including phenoxy) is 1. The molecule has 0 saturated heterocycles. The van der Waals surface area contributed by atoms with Gasteiger partial charge in [-0.2, -0.15) is 0 Å². The molecule has 0 spiro atoms. The van der Waals surface area contributed by atoms with Crippen molar-refractivity contribution in [2.24, 2.45) is 0 Å². The summed E-state index contributed by atoms with van der Waals surface area (Å²) in [6.07, 6.45) is 0. The Morgan fingerprint density at radius 3 is 2.50 bits per heavy atom. The molecule has 2 aromatic carbocycles. The van der Waals surface area contributed by atoms with Crippen LogP contribution in [0.25, 0.3) is 0 Å². The third-order valence-corrected chi connectivity index (χ3v) is 4.00. The number of anilines is 1. The van der Waals surface area contributed by atoms with Crippen LogP contribution in [0.3, 0.4) is 0 Å². The second-order valence-corrected chi connectivity index (χ2v) is 5.28. The lowest BCUT2D eigenvalue weighted by molar-refractivity contribution is 0.0232. The highest BCUT2D eigenvalue weighted by Crippen LogP contribution is 2.37. The highest BCUT2D eigenvalue weighted by atomic mass is 32.2. The summed E-state index contributed by atoms with van der Waals surface area (Å²) < 4.78 is 33.2. The third kappa shape index (κ3) is 3.42. The van der Waals surface area contributed by atoms with Crippen LogP contribution in [0.1, 0.15) is 5.56 Å². The van der Waals surface area contributed by atoms with E-state index in [2.05, 4.69) is 0 Å². The molecule has 0 saturated carbocycles. The predicted molar refractivity (Wildman–Crippen MR) is 78.5 cm³/mol. The zero-order valence-corrected chi connectivity index (χ0v) is 11.8. The third-order valence-electron chi connectivity index (χ3n) is 2.83. The fraction of sp³-hybridized carbons (Fsp3) is 0.200. The molecule has 0 aliphatic heterocycles. The Morgan fingerprint density at radius 2 is 1.85 bits per heavy atom. The molecule has 0 atom stereocenters. The van der Waals surface area contributed by atoms with Gasteiger partial charge in [0.2, 0.25) is 0 Å². The highest BCUT2D eigenvalue weighted by molar-refractivity contribution is 7.99. The fourth-order valence-electron chi connectivity index (χ4n) is 1.70. The van der Waals surface area contributed by atoms with Crippen LogP contribution in [-0.2, 0) is 5.92 Å². The second-order valence-electron chi connectivity index (χ2n) is 4.26. The number of alkyl halides is 2. The number of benzene rings is 2. The molecule has 20 heavy (non-hydrogen) atoms. The molecule has 0 bridgehead atoms. The Morgan fingerprint density at radius 1 is 1.15 bits per heavy atom. The number of thioether (sulfide) groups is 1. The second kappa shape index (κ2) is 6.13. The summed E-state index contributed by atoms with van der Waals surface area (Å²) in [6, 6.07) is 12.8. The van der Waals surface area contributed by atoms with E-state index in [1.165, 1.54) is 19.2 Å². The molecule has 106 valence electrons. The van der Waals surface area contributed by atoms with Gasteiger partial charge in [0.25, 0.3) is 5.92 Å². The van der Waals surface area contributed by atoms with Gasteiger partial charge in [-0.15, -0.1) is 11.8 Å². The van der Waals surface area contributed by atoms with E-state index < -0.39 is 5.92 Å². The number of hydrogen-bond donors (Lipinski definition) is 1. The lowest BCUT2D eigenvalue weighted by Crippen LogP contribution is -2.16. The van der Waals surface area contributed by atoms with E-state index >= 15 is 0 Å². The maximum absolute atomic E-state index is 14.1. The van der Waals surface area contributed by atoms with Gasteiger partial charge in [0.05, 0.1) is 12.9 Å². The summed E-state index contributed by atoms with van der Waals surface area (Å²) >= 11 is 1.02. The Bertz CT molecular complexity index is 575. The van der Waals surface area contributed by atoms with Crippen LogP contribution in [0.4, 0.5) is 14.5 Å². The van der Waals surface area contributed by atoms with Gasteiger partial charge in [-0.3, -0.25) is 0 Å². The maximum Gasteiger partial charge on any atom is 0.282 e. The van der Waals surface area contributed by atoms with Crippen molar-refractivity contribution in [3.8, 4) is 5.75 Å². The summed E-state index contributed by atoms with van der Waals surface area (Å²) in [6.45, 7) is 0. The Hall–Kier alpha value is -1.75. The van der Waals surface area contributed by atoms with E-state index in [1.54, 1.807) is 36.4 Å². The van der Waals surface area contributed by atoms with Gasteiger partial charge in [0.1, 0.15) is 5.75 Å². The van der Waals surface area contributed by atoms with Crippen molar-refractivity contribution < 1.29 is 13.5 Å². The van der Waals surface area contributed by atoms with E-state index in [-0.39, 0.29) is 11.3 Å². The molecule has 0 heterocycles. The highest BCUT2D eigenvalue weighted by Gasteiger charge is 2.31. The van der Waals surface area contributed by atoms with Crippen molar-refractivity contribution in [1.82, 2.24) is 0 Å². The average molecular weight is 295 g/mol. The van der Waals surface area contributed by atoms with Gasteiger partial charge < -0.3 is 10.5 Å². The topological polar surface area (TPSA) is 35.2 Å². The number of methoxy groups -OCH3 is 1. The van der Waals surface area contributed by atoms with Gasteiger partial charge >= 0.3 is 0 Å². The SMILES string of the molecule is COc1ccc(N)c(SCC(F)(F)c2ccccc2)c1. The standard InChI is InChI=1S/C15H15F2NOS/c1-19-12-7-8-13(18)14(9-12)20-10-15(16,17)11-5-3-2-4-6-11/h2-9H,10,18H2,1H3. The minimum atomic E-state index is -2.90. The van der Waals surface area contributed by atoms with Crippen LogP contribution in [-0.4, -0.2) is 12.9 Å². The van der Waals surface area contributed by atoms with Gasteiger partial charge in [-0.1, -0.05) is 30.3 Å². The largest absolute Gasteiger partial charge is 0.497 e. The van der Waals surface area contributed by atoms with Gasteiger partial charge in [0, 0.05) is 16.1 Å². The van der Waals surface area contributed by atoms with Crippen molar-refractivity contribution in [1.29, 1.82) is 0 Å². The number of hydrogen-bond acceptors (Lipinski definition) is 3. The summed E-state index contributed by atoms with van der Waals surface area (Å²) in [5, 5.41) is 0. The van der Waals surface area contributed by atoms with Crippen LogP contribution in [0.2, 0.25) is 0 Å². The van der Waals surface area contributed by atoms with Gasteiger partial charge in [-0.25, -0.2) is 8.78 Å². The number of rotatable bonds is 5. The molecule has 2 N–H and O–H groups in total. The maximum atomic E-state index is 14.1. The smallest absolute Gasteiger partial charge is 0.282 e.